The molecule has 108 valence electrons. The summed E-state index contributed by atoms with van der Waals surface area (Å²) >= 11 is 0. The molecule has 0 fully saturated rings. The summed E-state index contributed by atoms with van der Waals surface area (Å²) in [5.41, 5.74) is 3.26. The number of aliphatic hydroxyl groups excluding tert-OH is 1. The first-order chi connectivity index (χ1) is 10.1. The molecule has 0 aliphatic rings. The lowest BCUT2D eigenvalue weighted by Gasteiger charge is -2.06. The Labute approximate surface area is 123 Å². The summed E-state index contributed by atoms with van der Waals surface area (Å²) in [5, 5.41) is 15.6. The number of hydrogen-bond donors (Lipinski definition) is 2. The molecular weight excluding hydrogens is 266 g/mol. The van der Waals surface area contributed by atoms with Crippen LogP contribution in [0.5, 0.6) is 0 Å². The Balaban J connectivity index is 2.04. The molecule has 1 heterocycles. The number of amides is 1. The van der Waals surface area contributed by atoms with E-state index in [2.05, 4.69) is 22.3 Å². The summed E-state index contributed by atoms with van der Waals surface area (Å²) < 4.78 is 1.69. The molecule has 0 spiro atoms. The molecule has 5 heteroatoms. The fourth-order valence-electron chi connectivity index (χ4n) is 1.93. The van der Waals surface area contributed by atoms with Gasteiger partial charge in [-0.3, -0.25) is 9.48 Å². The Morgan fingerprint density at radius 1 is 1.48 bits per heavy atom. The summed E-state index contributed by atoms with van der Waals surface area (Å²) in [4.78, 5) is 12.1. The Morgan fingerprint density at radius 2 is 2.29 bits per heavy atom. The second-order valence-corrected chi connectivity index (χ2v) is 4.69. The van der Waals surface area contributed by atoms with E-state index in [-0.39, 0.29) is 12.5 Å². The Morgan fingerprint density at radius 3 is 2.90 bits per heavy atom. The normalized spacial score (nSPS) is 9.86. The molecule has 1 aromatic heterocycles. The van der Waals surface area contributed by atoms with Crippen LogP contribution in [0.25, 0.3) is 0 Å². The van der Waals surface area contributed by atoms with Gasteiger partial charge in [-0.05, 0) is 30.7 Å². The van der Waals surface area contributed by atoms with Crippen LogP contribution in [0.15, 0.2) is 30.6 Å². The summed E-state index contributed by atoms with van der Waals surface area (Å²) in [7, 11) is 1.83. The molecule has 1 aromatic carbocycles. The van der Waals surface area contributed by atoms with Crippen LogP contribution >= 0.6 is 0 Å². The Kier molecular flexibility index (Phi) is 4.75. The van der Waals surface area contributed by atoms with E-state index in [0.717, 1.165) is 16.7 Å². The molecule has 0 aliphatic carbocycles. The number of aliphatic hydroxyl groups is 1. The van der Waals surface area contributed by atoms with Gasteiger partial charge in [0.25, 0.3) is 5.91 Å². The monoisotopic (exact) mass is 283 g/mol. The van der Waals surface area contributed by atoms with Crippen LogP contribution < -0.4 is 5.32 Å². The van der Waals surface area contributed by atoms with E-state index < -0.39 is 0 Å². The summed E-state index contributed by atoms with van der Waals surface area (Å²) in [6.45, 7) is 2.16. The average Bonchev–Trinajstić information content (AvgIpc) is 2.89. The third-order valence-electron chi connectivity index (χ3n) is 3.00. The smallest absolute Gasteiger partial charge is 0.251 e. The van der Waals surface area contributed by atoms with Gasteiger partial charge >= 0.3 is 0 Å². The molecule has 2 rings (SSSR count). The molecular formula is C16H17N3O2. The highest BCUT2D eigenvalue weighted by atomic mass is 16.2. The highest BCUT2D eigenvalue weighted by Crippen LogP contribution is 2.10. The molecule has 0 aliphatic heterocycles. The van der Waals surface area contributed by atoms with Crippen molar-refractivity contribution in [3.05, 3.63) is 52.8 Å². The van der Waals surface area contributed by atoms with Gasteiger partial charge in [0.1, 0.15) is 6.61 Å². The summed E-state index contributed by atoms with van der Waals surface area (Å²) in [5.74, 6) is 5.31. The van der Waals surface area contributed by atoms with E-state index in [4.69, 9.17) is 5.11 Å². The van der Waals surface area contributed by atoms with Gasteiger partial charge < -0.3 is 10.4 Å². The van der Waals surface area contributed by atoms with Crippen LogP contribution in [0, 0.1) is 18.8 Å². The summed E-state index contributed by atoms with van der Waals surface area (Å²) in [6, 6.07) is 5.31. The predicted molar refractivity (Wildman–Crippen MR) is 79.5 cm³/mol. The molecule has 0 unspecified atom stereocenters. The van der Waals surface area contributed by atoms with Crippen LogP contribution in [0.1, 0.15) is 27.0 Å². The molecule has 0 radical (unpaired) electrons. The van der Waals surface area contributed by atoms with Gasteiger partial charge in [0, 0.05) is 36.5 Å². The third-order valence-corrected chi connectivity index (χ3v) is 3.00. The summed E-state index contributed by atoms with van der Waals surface area (Å²) in [6.07, 6.45) is 3.58. The van der Waals surface area contributed by atoms with E-state index in [0.29, 0.717) is 12.1 Å². The SMILES string of the molecule is Cc1cc(C(=O)NCc2cnn(C)c2)ccc1C#CCO. The number of aryl methyl sites for hydroxylation is 2. The number of nitrogens with zero attached hydrogens (tertiary/aromatic N) is 2. The zero-order valence-electron chi connectivity index (χ0n) is 12.1. The minimum Gasteiger partial charge on any atom is -0.384 e. The van der Waals surface area contributed by atoms with Crippen LogP contribution in [0.4, 0.5) is 0 Å². The maximum Gasteiger partial charge on any atom is 0.251 e. The maximum absolute atomic E-state index is 12.1. The van der Waals surface area contributed by atoms with Crippen molar-refractivity contribution in [2.45, 2.75) is 13.5 Å². The highest BCUT2D eigenvalue weighted by molar-refractivity contribution is 5.94. The van der Waals surface area contributed by atoms with Crippen molar-refractivity contribution in [2.24, 2.45) is 7.05 Å². The van der Waals surface area contributed by atoms with Crippen molar-refractivity contribution < 1.29 is 9.90 Å². The second kappa shape index (κ2) is 6.73. The zero-order valence-corrected chi connectivity index (χ0v) is 12.1. The molecule has 2 N–H and O–H groups in total. The fraction of sp³-hybridized carbons (Fsp3) is 0.250. The first-order valence-corrected chi connectivity index (χ1v) is 6.56. The highest BCUT2D eigenvalue weighted by Gasteiger charge is 2.07. The molecule has 0 bridgehead atoms. The number of hydrogen-bond acceptors (Lipinski definition) is 3. The number of rotatable bonds is 3. The van der Waals surface area contributed by atoms with Crippen LogP contribution in [-0.4, -0.2) is 27.4 Å². The number of carbonyl (C=O) groups excluding carboxylic acids is 1. The van der Waals surface area contributed by atoms with Gasteiger partial charge in [-0.1, -0.05) is 11.8 Å². The minimum atomic E-state index is -0.174. The average molecular weight is 283 g/mol. The molecule has 2 aromatic rings. The van der Waals surface area contributed by atoms with Crippen LogP contribution in [0.2, 0.25) is 0 Å². The molecule has 1 amide bonds. The predicted octanol–water partition coefficient (Wildman–Crippen LogP) is 1.00. The Bertz CT molecular complexity index is 708. The van der Waals surface area contributed by atoms with Gasteiger partial charge in [-0.15, -0.1) is 0 Å². The lowest BCUT2D eigenvalue weighted by molar-refractivity contribution is 0.0951. The number of aromatic nitrogens is 2. The minimum absolute atomic E-state index is 0.136. The van der Waals surface area contributed by atoms with Gasteiger partial charge in [0.15, 0.2) is 0 Å². The molecule has 0 atom stereocenters. The van der Waals surface area contributed by atoms with E-state index in [1.807, 2.05) is 20.2 Å². The van der Waals surface area contributed by atoms with Crippen molar-refractivity contribution in [3.8, 4) is 11.8 Å². The van der Waals surface area contributed by atoms with E-state index in [1.54, 1.807) is 29.1 Å². The van der Waals surface area contributed by atoms with Crippen LogP contribution in [-0.2, 0) is 13.6 Å². The maximum atomic E-state index is 12.1. The number of nitrogens with one attached hydrogen (secondary N) is 1. The lowest BCUT2D eigenvalue weighted by atomic mass is 10.0. The molecule has 5 nitrogen and oxygen atoms in total. The number of carbonyl (C=O) groups is 1. The Hall–Kier alpha value is -2.58. The largest absolute Gasteiger partial charge is 0.384 e. The van der Waals surface area contributed by atoms with E-state index >= 15 is 0 Å². The number of benzene rings is 1. The van der Waals surface area contributed by atoms with Crippen LogP contribution in [0.3, 0.4) is 0 Å². The lowest BCUT2D eigenvalue weighted by Crippen LogP contribution is -2.22. The quantitative estimate of drug-likeness (QED) is 0.826. The van der Waals surface area contributed by atoms with E-state index in [9.17, 15) is 4.79 Å². The first kappa shape index (κ1) is 14.8. The van der Waals surface area contributed by atoms with Gasteiger partial charge in [-0.2, -0.15) is 5.10 Å². The van der Waals surface area contributed by atoms with E-state index in [1.165, 1.54) is 0 Å². The van der Waals surface area contributed by atoms with Crippen molar-refractivity contribution >= 4 is 5.91 Å². The third kappa shape index (κ3) is 3.94. The van der Waals surface area contributed by atoms with Crippen molar-refractivity contribution in [1.29, 1.82) is 0 Å². The van der Waals surface area contributed by atoms with Gasteiger partial charge in [0.2, 0.25) is 0 Å². The standard InChI is InChI=1S/C16H17N3O2/c1-12-8-15(6-5-14(12)4-3-7-20)16(21)17-9-13-10-18-19(2)11-13/h5-6,8,10-11,20H,7,9H2,1-2H3,(H,17,21). The zero-order chi connectivity index (χ0) is 15.2. The van der Waals surface area contributed by atoms with Crippen molar-refractivity contribution in [2.75, 3.05) is 6.61 Å². The van der Waals surface area contributed by atoms with Gasteiger partial charge in [0.05, 0.1) is 6.20 Å². The molecule has 21 heavy (non-hydrogen) atoms. The van der Waals surface area contributed by atoms with Crippen molar-refractivity contribution in [3.63, 3.8) is 0 Å². The topological polar surface area (TPSA) is 67.2 Å². The van der Waals surface area contributed by atoms with Crippen molar-refractivity contribution in [1.82, 2.24) is 15.1 Å². The first-order valence-electron chi connectivity index (χ1n) is 6.56. The molecule has 0 saturated carbocycles. The van der Waals surface area contributed by atoms with Gasteiger partial charge in [-0.25, -0.2) is 0 Å². The molecule has 0 saturated heterocycles. The second-order valence-electron chi connectivity index (χ2n) is 4.69. The fourth-order valence-corrected chi connectivity index (χ4v) is 1.93.